The van der Waals surface area contributed by atoms with Gasteiger partial charge in [0, 0.05) is 11.4 Å². The average molecular weight is 359 g/mol. The zero-order valence-electron chi connectivity index (χ0n) is 12.6. The van der Waals surface area contributed by atoms with Crippen LogP contribution in [0.4, 0.5) is 13.2 Å². The number of halogens is 4. The third-order valence-corrected chi connectivity index (χ3v) is 3.78. The van der Waals surface area contributed by atoms with Gasteiger partial charge in [0.2, 0.25) is 0 Å². The van der Waals surface area contributed by atoms with Gasteiger partial charge in [0.25, 0.3) is 0 Å². The van der Waals surface area contributed by atoms with Crippen LogP contribution in [0, 0.1) is 6.92 Å². The van der Waals surface area contributed by atoms with Gasteiger partial charge in [-0.25, -0.2) is 4.79 Å². The molecule has 0 bridgehead atoms. The lowest BCUT2D eigenvalue weighted by atomic mass is 10.0. The van der Waals surface area contributed by atoms with Crippen molar-refractivity contribution < 1.29 is 27.8 Å². The van der Waals surface area contributed by atoms with E-state index < -0.39 is 23.8 Å². The predicted octanol–water partition coefficient (Wildman–Crippen LogP) is 4.74. The SMILES string of the molecule is Cc1cc(O[C@@H](Cc2cccc(C(F)(F)F)c2)C(=O)O)ccc1Cl. The van der Waals surface area contributed by atoms with Crippen LogP contribution in [-0.2, 0) is 17.4 Å². The monoisotopic (exact) mass is 358 g/mol. The zero-order chi connectivity index (χ0) is 17.9. The smallest absolute Gasteiger partial charge is 0.416 e. The number of ether oxygens (including phenoxy) is 1. The van der Waals surface area contributed by atoms with E-state index in [1.54, 1.807) is 19.1 Å². The Hall–Kier alpha value is -2.21. The van der Waals surface area contributed by atoms with Crippen LogP contribution in [0.25, 0.3) is 0 Å². The summed E-state index contributed by atoms with van der Waals surface area (Å²) in [5, 5.41) is 9.78. The molecule has 0 aliphatic heterocycles. The highest BCUT2D eigenvalue weighted by molar-refractivity contribution is 6.31. The van der Waals surface area contributed by atoms with Gasteiger partial charge in [0.15, 0.2) is 6.10 Å². The summed E-state index contributed by atoms with van der Waals surface area (Å²) < 4.78 is 43.6. The van der Waals surface area contributed by atoms with Crippen molar-refractivity contribution in [1.82, 2.24) is 0 Å². The van der Waals surface area contributed by atoms with Crippen molar-refractivity contribution in [1.29, 1.82) is 0 Å². The van der Waals surface area contributed by atoms with Gasteiger partial charge in [-0.15, -0.1) is 0 Å². The Balaban J connectivity index is 2.20. The Morgan fingerprint density at radius 2 is 1.96 bits per heavy atom. The molecule has 128 valence electrons. The molecule has 3 nitrogen and oxygen atoms in total. The summed E-state index contributed by atoms with van der Waals surface area (Å²) in [5.41, 5.74) is 0.103. The van der Waals surface area contributed by atoms with Crippen molar-refractivity contribution >= 4 is 17.6 Å². The van der Waals surface area contributed by atoms with Crippen molar-refractivity contribution in [2.45, 2.75) is 25.6 Å². The number of carbonyl (C=O) groups is 1. The molecule has 2 rings (SSSR count). The van der Waals surface area contributed by atoms with E-state index in [0.717, 1.165) is 12.1 Å². The Morgan fingerprint density at radius 3 is 2.54 bits per heavy atom. The first-order valence-electron chi connectivity index (χ1n) is 6.98. The number of benzene rings is 2. The second-order valence-corrected chi connectivity index (χ2v) is 5.67. The maximum atomic E-state index is 12.7. The maximum absolute atomic E-state index is 12.7. The van der Waals surface area contributed by atoms with E-state index >= 15 is 0 Å². The lowest BCUT2D eigenvalue weighted by molar-refractivity contribution is -0.145. The van der Waals surface area contributed by atoms with Gasteiger partial charge < -0.3 is 9.84 Å². The number of alkyl halides is 3. The molecule has 0 unspecified atom stereocenters. The molecule has 0 aliphatic rings. The summed E-state index contributed by atoms with van der Waals surface area (Å²) in [6, 6.07) is 9.18. The second kappa shape index (κ2) is 7.13. The van der Waals surface area contributed by atoms with E-state index in [-0.39, 0.29) is 17.7 Å². The van der Waals surface area contributed by atoms with Crippen molar-refractivity contribution in [3.05, 3.63) is 64.2 Å². The summed E-state index contributed by atoms with van der Waals surface area (Å²) in [4.78, 5) is 11.4. The van der Waals surface area contributed by atoms with E-state index in [0.29, 0.717) is 10.6 Å². The molecule has 7 heteroatoms. The molecule has 0 amide bonds. The summed E-state index contributed by atoms with van der Waals surface area (Å²) in [7, 11) is 0. The summed E-state index contributed by atoms with van der Waals surface area (Å²) in [6.07, 6.45) is -5.99. The molecule has 24 heavy (non-hydrogen) atoms. The number of rotatable bonds is 5. The van der Waals surface area contributed by atoms with Gasteiger partial charge >= 0.3 is 12.1 Å². The predicted molar refractivity (Wildman–Crippen MR) is 83.4 cm³/mol. The molecule has 1 atom stereocenters. The highest BCUT2D eigenvalue weighted by atomic mass is 35.5. The average Bonchev–Trinajstić information content (AvgIpc) is 2.49. The lowest BCUT2D eigenvalue weighted by Gasteiger charge is -2.17. The van der Waals surface area contributed by atoms with Gasteiger partial charge in [0.05, 0.1) is 5.56 Å². The number of aliphatic carboxylic acids is 1. The van der Waals surface area contributed by atoms with Crippen LogP contribution in [-0.4, -0.2) is 17.2 Å². The van der Waals surface area contributed by atoms with Gasteiger partial charge in [-0.2, -0.15) is 13.2 Å². The standard InChI is InChI=1S/C17H14ClF3O3/c1-10-7-13(5-6-14(10)18)24-15(16(22)23)9-11-3-2-4-12(8-11)17(19,20)21/h2-8,15H,9H2,1H3,(H,22,23)/t15-/m0/s1. The van der Waals surface area contributed by atoms with E-state index in [9.17, 15) is 23.1 Å². The van der Waals surface area contributed by atoms with Crippen LogP contribution >= 0.6 is 11.6 Å². The van der Waals surface area contributed by atoms with Crippen molar-refractivity contribution in [3.8, 4) is 5.75 Å². The Kier molecular flexibility index (Phi) is 5.39. The molecular formula is C17H14ClF3O3. The fourth-order valence-corrected chi connectivity index (χ4v) is 2.24. The number of carboxylic acids is 1. The molecule has 0 aromatic heterocycles. The first kappa shape index (κ1) is 18.1. The van der Waals surface area contributed by atoms with Crippen molar-refractivity contribution in [3.63, 3.8) is 0 Å². The van der Waals surface area contributed by atoms with Crippen LogP contribution in [0.5, 0.6) is 5.75 Å². The quantitative estimate of drug-likeness (QED) is 0.839. The van der Waals surface area contributed by atoms with Crippen molar-refractivity contribution in [2.75, 3.05) is 0 Å². The Morgan fingerprint density at radius 1 is 1.25 bits per heavy atom. The molecule has 0 radical (unpaired) electrons. The van der Waals surface area contributed by atoms with E-state index in [1.165, 1.54) is 18.2 Å². The first-order chi connectivity index (χ1) is 11.2. The van der Waals surface area contributed by atoms with Crippen LogP contribution in [0.15, 0.2) is 42.5 Å². The normalized spacial score (nSPS) is 12.7. The van der Waals surface area contributed by atoms with Gasteiger partial charge in [-0.05, 0) is 42.3 Å². The van der Waals surface area contributed by atoms with Crippen LogP contribution in [0.3, 0.4) is 0 Å². The third kappa shape index (κ3) is 4.64. The molecule has 0 aliphatic carbocycles. The number of aryl methyl sites for hydroxylation is 1. The molecular weight excluding hydrogens is 345 g/mol. The minimum atomic E-state index is -4.48. The topological polar surface area (TPSA) is 46.5 Å². The lowest BCUT2D eigenvalue weighted by Crippen LogP contribution is -2.29. The Bertz CT molecular complexity index is 744. The van der Waals surface area contributed by atoms with Gasteiger partial charge in [-0.3, -0.25) is 0 Å². The van der Waals surface area contributed by atoms with Crippen molar-refractivity contribution in [2.24, 2.45) is 0 Å². The minimum absolute atomic E-state index is 0.194. The summed E-state index contributed by atoms with van der Waals surface area (Å²) >= 11 is 5.89. The van der Waals surface area contributed by atoms with Gasteiger partial charge in [0.1, 0.15) is 5.75 Å². The van der Waals surface area contributed by atoms with E-state index in [4.69, 9.17) is 16.3 Å². The molecule has 1 N–H and O–H groups in total. The van der Waals surface area contributed by atoms with Crippen LogP contribution in [0.2, 0.25) is 5.02 Å². The maximum Gasteiger partial charge on any atom is 0.416 e. The summed E-state index contributed by atoms with van der Waals surface area (Å²) in [6.45, 7) is 1.73. The molecule has 2 aromatic carbocycles. The number of hydrogen-bond donors (Lipinski definition) is 1. The van der Waals surface area contributed by atoms with Crippen LogP contribution < -0.4 is 4.74 Å². The molecule has 0 saturated carbocycles. The van der Waals surface area contributed by atoms with E-state index in [2.05, 4.69) is 0 Å². The molecule has 0 spiro atoms. The zero-order valence-corrected chi connectivity index (χ0v) is 13.4. The fraction of sp³-hybridized carbons (Fsp3) is 0.235. The second-order valence-electron chi connectivity index (χ2n) is 5.26. The first-order valence-corrected chi connectivity index (χ1v) is 7.36. The third-order valence-electron chi connectivity index (χ3n) is 3.36. The molecule has 2 aromatic rings. The largest absolute Gasteiger partial charge is 0.478 e. The van der Waals surface area contributed by atoms with Crippen LogP contribution in [0.1, 0.15) is 16.7 Å². The number of carboxylic acid groups (broad SMARTS) is 1. The molecule has 0 saturated heterocycles. The summed E-state index contributed by atoms with van der Waals surface area (Å²) in [5.74, 6) is -0.976. The molecule has 0 fully saturated rings. The minimum Gasteiger partial charge on any atom is -0.478 e. The number of hydrogen-bond acceptors (Lipinski definition) is 2. The highest BCUT2D eigenvalue weighted by Gasteiger charge is 2.31. The van der Waals surface area contributed by atoms with Gasteiger partial charge in [-0.1, -0.05) is 29.8 Å². The van der Waals surface area contributed by atoms with E-state index in [1.807, 2.05) is 0 Å². The Labute approximate surface area is 141 Å². The highest BCUT2D eigenvalue weighted by Crippen LogP contribution is 2.30. The fourth-order valence-electron chi connectivity index (χ4n) is 2.12. The molecule has 0 heterocycles.